The number of nitro benzene ring substituents is 1. The molecule has 28 heavy (non-hydrogen) atoms. The van der Waals surface area contributed by atoms with Crippen LogP contribution in [0.5, 0.6) is 11.5 Å². The smallest absolute Gasteiger partial charge is 0.311 e. The number of benzene rings is 1. The van der Waals surface area contributed by atoms with Crippen molar-refractivity contribution in [1.82, 2.24) is 25.0 Å². The molecule has 0 saturated heterocycles. The van der Waals surface area contributed by atoms with Crippen molar-refractivity contribution < 1.29 is 19.6 Å². The van der Waals surface area contributed by atoms with Crippen molar-refractivity contribution in [1.29, 1.82) is 0 Å². The molecule has 3 aromatic rings. The lowest BCUT2D eigenvalue weighted by molar-refractivity contribution is -0.385. The summed E-state index contributed by atoms with van der Waals surface area (Å²) in [5.74, 6) is -1.45. The second kappa shape index (κ2) is 7.26. The van der Waals surface area contributed by atoms with Crippen molar-refractivity contribution in [3.63, 3.8) is 0 Å². The molecule has 0 saturated carbocycles. The Bertz CT molecular complexity index is 1120. The molecule has 3 rings (SSSR count). The summed E-state index contributed by atoms with van der Waals surface area (Å²) in [5, 5.41) is 30.8. The van der Waals surface area contributed by atoms with E-state index >= 15 is 0 Å². The molecule has 2 heterocycles. The Morgan fingerprint density at radius 1 is 1.32 bits per heavy atom. The van der Waals surface area contributed by atoms with Gasteiger partial charge in [-0.2, -0.15) is 10.1 Å². The lowest BCUT2D eigenvalue weighted by atomic mass is 10.2. The molecule has 1 N–H and O–H groups in total. The van der Waals surface area contributed by atoms with E-state index in [9.17, 15) is 20.0 Å². The van der Waals surface area contributed by atoms with Crippen LogP contribution in [-0.4, -0.2) is 43.7 Å². The SMILES string of the molecule is COc1cc([N+](=O)[O-])cc(/C=N\NC(=O)c2nc3nc(C)cc(C)n3n2)c1[O-]. The highest BCUT2D eigenvalue weighted by atomic mass is 16.6. The van der Waals surface area contributed by atoms with Crippen molar-refractivity contribution in [2.75, 3.05) is 7.11 Å². The van der Waals surface area contributed by atoms with Gasteiger partial charge >= 0.3 is 5.91 Å². The highest BCUT2D eigenvalue weighted by Gasteiger charge is 2.15. The highest BCUT2D eigenvalue weighted by Crippen LogP contribution is 2.31. The van der Waals surface area contributed by atoms with Crippen LogP contribution in [0, 0.1) is 24.0 Å². The maximum absolute atomic E-state index is 12.2. The molecule has 0 atom stereocenters. The summed E-state index contributed by atoms with van der Waals surface area (Å²) in [6.07, 6.45) is 0.985. The average molecular weight is 384 g/mol. The Kier molecular flexibility index (Phi) is 4.85. The van der Waals surface area contributed by atoms with Gasteiger partial charge in [0.15, 0.2) is 0 Å². The number of rotatable bonds is 5. The number of aryl methyl sites for hydroxylation is 2. The number of non-ortho nitro benzene ring substituents is 1. The van der Waals surface area contributed by atoms with Crippen LogP contribution in [0.1, 0.15) is 27.6 Å². The summed E-state index contributed by atoms with van der Waals surface area (Å²) in [5.41, 5.74) is 3.18. The molecular formula is C16H14N7O5-. The summed E-state index contributed by atoms with van der Waals surface area (Å²) in [6.45, 7) is 3.58. The van der Waals surface area contributed by atoms with E-state index in [2.05, 4.69) is 25.6 Å². The first kappa shape index (κ1) is 18.7. The number of nitro groups is 1. The molecule has 1 aromatic carbocycles. The van der Waals surface area contributed by atoms with Gasteiger partial charge in [0, 0.05) is 17.5 Å². The van der Waals surface area contributed by atoms with Crippen molar-refractivity contribution >= 4 is 23.6 Å². The number of hydrazone groups is 1. The molecule has 0 aliphatic heterocycles. The van der Waals surface area contributed by atoms with Crippen molar-refractivity contribution in [2.24, 2.45) is 5.10 Å². The third-order valence-corrected chi connectivity index (χ3v) is 3.69. The van der Waals surface area contributed by atoms with E-state index in [0.717, 1.165) is 29.7 Å². The molecule has 2 aromatic heterocycles. The number of nitrogens with zero attached hydrogens (tertiary/aromatic N) is 6. The minimum atomic E-state index is -0.733. The Hall–Kier alpha value is -4.09. The lowest BCUT2D eigenvalue weighted by Gasteiger charge is -2.14. The normalized spacial score (nSPS) is 11.1. The molecular weight excluding hydrogens is 370 g/mol. The van der Waals surface area contributed by atoms with Crippen molar-refractivity contribution in [3.8, 4) is 11.5 Å². The Morgan fingerprint density at radius 3 is 2.75 bits per heavy atom. The largest absolute Gasteiger partial charge is 0.870 e. The number of hydrogen-bond donors (Lipinski definition) is 1. The summed E-state index contributed by atoms with van der Waals surface area (Å²) < 4.78 is 6.24. The van der Waals surface area contributed by atoms with E-state index in [1.54, 1.807) is 19.9 Å². The maximum Gasteiger partial charge on any atom is 0.311 e. The monoisotopic (exact) mass is 384 g/mol. The van der Waals surface area contributed by atoms with Gasteiger partial charge in [0.2, 0.25) is 5.82 Å². The number of ether oxygens (including phenoxy) is 1. The minimum absolute atomic E-state index is 0.123. The molecule has 0 unspecified atom stereocenters. The summed E-state index contributed by atoms with van der Waals surface area (Å²) in [4.78, 5) is 30.7. The summed E-state index contributed by atoms with van der Waals surface area (Å²) in [7, 11) is 1.22. The number of methoxy groups -OCH3 is 1. The first-order valence-corrected chi connectivity index (χ1v) is 7.88. The standard InChI is InChI=1S/C16H15N7O5/c1-8-4-9(2)22-16(18-8)19-14(21-22)15(25)20-17-7-10-5-11(23(26)27)6-12(28-3)13(10)24/h4-7,24H,1-3H3,(H,20,25)/p-1/b17-7-. The first-order chi connectivity index (χ1) is 13.3. The highest BCUT2D eigenvalue weighted by molar-refractivity contribution is 5.92. The first-order valence-electron chi connectivity index (χ1n) is 7.88. The maximum atomic E-state index is 12.2. The molecule has 144 valence electrons. The zero-order chi connectivity index (χ0) is 20.4. The second-order valence-electron chi connectivity index (χ2n) is 5.71. The van der Waals surface area contributed by atoms with Crippen LogP contribution in [0.3, 0.4) is 0 Å². The van der Waals surface area contributed by atoms with Gasteiger partial charge < -0.3 is 9.84 Å². The van der Waals surface area contributed by atoms with Gasteiger partial charge in [-0.3, -0.25) is 14.9 Å². The predicted molar refractivity (Wildman–Crippen MR) is 94.4 cm³/mol. The van der Waals surface area contributed by atoms with E-state index in [1.165, 1.54) is 11.6 Å². The van der Waals surface area contributed by atoms with E-state index in [1.807, 2.05) is 0 Å². The second-order valence-corrected chi connectivity index (χ2v) is 5.71. The Balaban J connectivity index is 1.83. The summed E-state index contributed by atoms with van der Waals surface area (Å²) in [6, 6.07) is 3.82. The fourth-order valence-corrected chi connectivity index (χ4v) is 2.43. The Morgan fingerprint density at radius 2 is 2.07 bits per heavy atom. The van der Waals surface area contributed by atoms with E-state index in [4.69, 9.17) is 4.74 Å². The van der Waals surface area contributed by atoms with Gasteiger partial charge in [-0.1, -0.05) is 5.75 Å². The van der Waals surface area contributed by atoms with E-state index in [0.29, 0.717) is 0 Å². The van der Waals surface area contributed by atoms with Gasteiger partial charge in [0.1, 0.15) is 5.75 Å². The van der Waals surface area contributed by atoms with Gasteiger partial charge in [0.25, 0.3) is 11.5 Å². The van der Waals surface area contributed by atoms with Crippen LogP contribution < -0.4 is 15.3 Å². The predicted octanol–water partition coefficient (Wildman–Crippen LogP) is 0.495. The molecule has 1 amide bonds. The topological polar surface area (TPSA) is 160 Å². The number of amides is 1. The number of aromatic nitrogens is 4. The number of fused-ring (bicyclic) bond motifs is 1. The van der Waals surface area contributed by atoms with Crippen LogP contribution in [0.15, 0.2) is 23.3 Å². The molecule has 0 spiro atoms. The zero-order valence-electron chi connectivity index (χ0n) is 15.0. The molecule has 0 aliphatic carbocycles. The average Bonchev–Trinajstić information content (AvgIpc) is 3.07. The molecule has 0 radical (unpaired) electrons. The van der Waals surface area contributed by atoms with Crippen molar-refractivity contribution in [3.05, 3.63) is 51.1 Å². The third kappa shape index (κ3) is 3.56. The molecule has 0 aliphatic rings. The quantitative estimate of drug-likeness (QED) is 0.378. The van der Waals surface area contributed by atoms with Gasteiger partial charge in [-0.25, -0.2) is 14.9 Å². The fraction of sp³-hybridized carbons (Fsp3) is 0.188. The number of hydrogen-bond acceptors (Lipinski definition) is 9. The zero-order valence-corrected chi connectivity index (χ0v) is 15.0. The number of carbonyl (C=O) groups is 1. The third-order valence-electron chi connectivity index (χ3n) is 3.69. The Labute approximate surface area is 157 Å². The molecule has 12 heteroatoms. The van der Waals surface area contributed by atoms with Crippen molar-refractivity contribution in [2.45, 2.75) is 13.8 Å². The van der Waals surface area contributed by atoms with Gasteiger partial charge in [0.05, 0.1) is 24.3 Å². The van der Waals surface area contributed by atoms with Crippen LogP contribution in [0.25, 0.3) is 5.78 Å². The van der Waals surface area contributed by atoms with E-state index in [-0.39, 0.29) is 28.6 Å². The van der Waals surface area contributed by atoms with Crippen LogP contribution >= 0.6 is 0 Å². The van der Waals surface area contributed by atoms with Crippen LogP contribution in [0.4, 0.5) is 5.69 Å². The number of carbonyl (C=O) groups excluding carboxylic acids is 1. The molecule has 0 fully saturated rings. The molecule has 12 nitrogen and oxygen atoms in total. The minimum Gasteiger partial charge on any atom is -0.870 e. The summed E-state index contributed by atoms with van der Waals surface area (Å²) >= 11 is 0. The fourth-order valence-electron chi connectivity index (χ4n) is 2.43. The number of nitrogens with one attached hydrogen (secondary N) is 1. The van der Waals surface area contributed by atoms with E-state index < -0.39 is 16.6 Å². The van der Waals surface area contributed by atoms with Gasteiger partial charge in [-0.05, 0) is 25.5 Å². The van der Waals surface area contributed by atoms with Gasteiger partial charge in [-0.15, -0.1) is 5.10 Å². The van der Waals surface area contributed by atoms with Crippen LogP contribution in [-0.2, 0) is 0 Å². The van der Waals surface area contributed by atoms with Crippen LogP contribution in [0.2, 0.25) is 0 Å². The lowest BCUT2D eigenvalue weighted by Crippen LogP contribution is -2.19. The molecule has 0 bridgehead atoms.